The molecule has 0 radical (unpaired) electrons. The smallest absolute Gasteiger partial charge is 0.264 e. The van der Waals surface area contributed by atoms with Crippen molar-refractivity contribution >= 4 is 55.1 Å². The van der Waals surface area contributed by atoms with Crippen molar-refractivity contribution in [3.8, 4) is 5.75 Å². The average molecular weight is 665 g/mol. The summed E-state index contributed by atoms with van der Waals surface area (Å²) in [5.41, 5.74) is 1.95. The van der Waals surface area contributed by atoms with E-state index >= 15 is 0 Å². The van der Waals surface area contributed by atoms with Crippen LogP contribution < -0.4 is 14.4 Å². The average Bonchev–Trinajstić information content (AvgIpc) is 2.93. The van der Waals surface area contributed by atoms with Crippen molar-refractivity contribution in [1.29, 1.82) is 0 Å². The maximum absolute atomic E-state index is 14.0. The first kappa shape index (κ1) is 32.4. The van der Waals surface area contributed by atoms with Crippen molar-refractivity contribution in [2.45, 2.75) is 45.2 Å². The predicted octanol–water partition coefficient (Wildman–Crippen LogP) is 5.80. The molecule has 3 aromatic rings. The van der Waals surface area contributed by atoms with E-state index in [4.69, 9.17) is 16.3 Å². The third-order valence-electron chi connectivity index (χ3n) is 6.41. The van der Waals surface area contributed by atoms with Gasteiger partial charge < -0.3 is 15.0 Å². The van der Waals surface area contributed by atoms with Crippen LogP contribution in [0.15, 0.2) is 76.1 Å². The molecule has 3 rings (SSSR count). The largest absolute Gasteiger partial charge is 0.496 e. The summed E-state index contributed by atoms with van der Waals surface area (Å²) in [5, 5.41) is 3.36. The van der Waals surface area contributed by atoms with E-state index in [2.05, 4.69) is 21.2 Å². The fraction of sp³-hybridized carbons (Fsp3) is 0.333. The van der Waals surface area contributed by atoms with Gasteiger partial charge in [0.05, 0.1) is 22.2 Å². The van der Waals surface area contributed by atoms with E-state index in [-0.39, 0.29) is 23.3 Å². The second-order valence-corrected chi connectivity index (χ2v) is 13.3. The lowest BCUT2D eigenvalue weighted by Crippen LogP contribution is -2.51. The number of benzene rings is 3. The molecule has 0 aliphatic rings. The van der Waals surface area contributed by atoms with E-state index < -0.39 is 28.5 Å². The highest BCUT2D eigenvalue weighted by molar-refractivity contribution is 9.10. The number of halogens is 2. The Kier molecular flexibility index (Phi) is 11.2. The lowest BCUT2D eigenvalue weighted by atomic mass is 10.1. The first-order chi connectivity index (χ1) is 19.3. The summed E-state index contributed by atoms with van der Waals surface area (Å²) < 4.78 is 34.8. The fourth-order valence-electron chi connectivity index (χ4n) is 4.04. The van der Waals surface area contributed by atoms with Crippen LogP contribution in [0.2, 0.25) is 5.02 Å². The lowest BCUT2D eigenvalue weighted by molar-refractivity contribution is -0.139. The van der Waals surface area contributed by atoms with Gasteiger partial charge in [0.2, 0.25) is 11.8 Å². The summed E-state index contributed by atoms with van der Waals surface area (Å²) in [4.78, 5) is 28.4. The molecule has 0 heterocycles. The van der Waals surface area contributed by atoms with Crippen molar-refractivity contribution < 1.29 is 22.7 Å². The molecule has 11 heteroatoms. The Bertz CT molecular complexity index is 1480. The molecule has 0 aromatic heterocycles. The van der Waals surface area contributed by atoms with Gasteiger partial charge in [-0.3, -0.25) is 13.9 Å². The number of nitrogens with one attached hydrogen (secondary N) is 1. The fourth-order valence-corrected chi connectivity index (χ4v) is 6.39. The molecule has 1 atom stereocenters. The van der Waals surface area contributed by atoms with Gasteiger partial charge in [-0.15, -0.1) is 0 Å². The quantitative estimate of drug-likeness (QED) is 0.264. The van der Waals surface area contributed by atoms with E-state index in [9.17, 15) is 18.0 Å². The number of carbonyl (C=O) groups is 2. The second-order valence-electron chi connectivity index (χ2n) is 10.1. The first-order valence-corrected chi connectivity index (χ1v) is 15.7. The maximum Gasteiger partial charge on any atom is 0.264 e. The minimum atomic E-state index is -4.21. The van der Waals surface area contributed by atoms with E-state index in [0.29, 0.717) is 33.0 Å². The van der Waals surface area contributed by atoms with Crippen molar-refractivity contribution in [1.82, 2.24) is 10.2 Å². The van der Waals surface area contributed by atoms with Crippen LogP contribution in [0.3, 0.4) is 0 Å². The van der Waals surface area contributed by atoms with E-state index in [0.717, 1.165) is 9.87 Å². The van der Waals surface area contributed by atoms with Gasteiger partial charge in [0.1, 0.15) is 18.3 Å². The van der Waals surface area contributed by atoms with Crippen molar-refractivity contribution in [2.24, 2.45) is 5.92 Å². The number of rotatable bonds is 12. The highest BCUT2D eigenvalue weighted by atomic mass is 79.9. The van der Waals surface area contributed by atoms with Crippen LogP contribution >= 0.6 is 27.5 Å². The highest BCUT2D eigenvalue weighted by Crippen LogP contribution is 2.31. The van der Waals surface area contributed by atoms with Gasteiger partial charge in [0, 0.05) is 18.1 Å². The third kappa shape index (κ3) is 8.47. The van der Waals surface area contributed by atoms with Crippen LogP contribution in [0.5, 0.6) is 5.75 Å². The molecular weight excluding hydrogens is 630 g/mol. The Hall–Kier alpha value is -3.08. The van der Waals surface area contributed by atoms with Crippen LogP contribution in [0, 0.1) is 12.8 Å². The number of aryl methyl sites for hydroxylation is 1. The zero-order valence-corrected chi connectivity index (χ0v) is 26.9. The summed E-state index contributed by atoms with van der Waals surface area (Å²) in [5.74, 6) is -0.197. The van der Waals surface area contributed by atoms with Gasteiger partial charge in [-0.05, 0) is 83.7 Å². The summed E-state index contributed by atoms with van der Waals surface area (Å²) >= 11 is 9.54. The van der Waals surface area contributed by atoms with Gasteiger partial charge in [-0.1, -0.05) is 55.3 Å². The molecule has 41 heavy (non-hydrogen) atoms. The molecule has 8 nitrogen and oxygen atoms in total. The zero-order valence-electron chi connectivity index (χ0n) is 23.7. The number of sulfonamides is 1. The Morgan fingerprint density at radius 1 is 1.02 bits per heavy atom. The SMILES string of the molecule is COc1ccc(S(=O)(=O)N(CC(=O)N(Cc2cccc(Cl)c2)C(C)C(=O)NCC(C)C)c2ccc(C)cc2)cc1Br. The summed E-state index contributed by atoms with van der Waals surface area (Å²) in [6, 6.07) is 17.4. The number of hydrogen-bond acceptors (Lipinski definition) is 5. The lowest BCUT2D eigenvalue weighted by Gasteiger charge is -2.32. The molecule has 0 saturated heterocycles. The first-order valence-electron chi connectivity index (χ1n) is 13.1. The minimum absolute atomic E-state index is 0.0253. The van der Waals surface area contributed by atoms with Crippen LogP contribution in [-0.2, 0) is 26.2 Å². The number of nitrogens with zero attached hydrogens (tertiary/aromatic N) is 2. The summed E-state index contributed by atoms with van der Waals surface area (Å²) in [6.45, 7) is 7.44. The number of hydrogen-bond donors (Lipinski definition) is 1. The van der Waals surface area contributed by atoms with Gasteiger partial charge in [0.25, 0.3) is 10.0 Å². The summed E-state index contributed by atoms with van der Waals surface area (Å²) in [6.07, 6.45) is 0. The molecule has 0 bridgehead atoms. The highest BCUT2D eigenvalue weighted by Gasteiger charge is 2.33. The van der Waals surface area contributed by atoms with Crippen molar-refractivity contribution in [3.63, 3.8) is 0 Å². The Morgan fingerprint density at radius 2 is 1.71 bits per heavy atom. The minimum Gasteiger partial charge on any atom is -0.496 e. The molecule has 1 unspecified atom stereocenters. The molecule has 0 spiro atoms. The molecule has 0 aliphatic heterocycles. The molecule has 2 amide bonds. The van der Waals surface area contributed by atoms with Gasteiger partial charge in [-0.2, -0.15) is 0 Å². The molecule has 1 N–H and O–H groups in total. The Labute approximate surface area is 255 Å². The maximum atomic E-state index is 14.0. The second kappa shape index (κ2) is 14.2. The van der Waals surface area contributed by atoms with E-state index in [1.807, 2.05) is 20.8 Å². The number of ether oxygens (including phenoxy) is 1. The third-order valence-corrected chi connectivity index (χ3v) is 9.03. The Balaban J connectivity index is 2.04. The monoisotopic (exact) mass is 663 g/mol. The molecular formula is C30H35BrClN3O5S. The normalized spacial score (nSPS) is 12.1. The zero-order chi connectivity index (χ0) is 30.3. The van der Waals surface area contributed by atoms with Crippen molar-refractivity contribution in [3.05, 3.63) is 87.4 Å². The predicted molar refractivity (Wildman–Crippen MR) is 166 cm³/mol. The van der Waals surface area contributed by atoms with Crippen LogP contribution in [0.25, 0.3) is 0 Å². The molecule has 0 saturated carbocycles. The van der Waals surface area contributed by atoms with Crippen LogP contribution in [0.1, 0.15) is 31.9 Å². The standard InChI is InChI=1S/C30H35BrClN3O5S/c1-20(2)17-33-30(37)22(4)34(18-23-7-6-8-24(32)15-23)29(36)19-35(25-11-9-21(3)10-12-25)41(38,39)26-13-14-28(40-5)27(31)16-26/h6-16,20,22H,17-19H2,1-5H3,(H,33,37). The van der Waals surface area contributed by atoms with Gasteiger partial charge >= 0.3 is 0 Å². The topological polar surface area (TPSA) is 96.0 Å². The molecule has 0 fully saturated rings. The van der Waals surface area contributed by atoms with Gasteiger partial charge in [-0.25, -0.2) is 8.42 Å². The van der Waals surface area contributed by atoms with Crippen LogP contribution in [0.4, 0.5) is 5.69 Å². The number of anilines is 1. The van der Waals surface area contributed by atoms with Crippen LogP contribution in [-0.4, -0.2) is 51.4 Å². The Morgan fingerprint density at radius 3 is 2.29 bits per heavy atom. The van der Waals surface area contributed by atoms with Gasteiger partial charge in [0.15, 0.2) is 0 Å². The number of carbonyl (C=O) groups excluding carboxylic acids is 2. The van der Waals surface area contributed by atoms with E-state index in [1.54, 1.807) is 61.5 Å². The molecule has 0 aliphatic carbocycles. The number of methoxy groups -OCH3 is 1. The number of amides is 2. The summed E-state index contributed by atoms with van der Waals surface area (Å²) in [7, 11) is -2.73. The van der Waals surface area contributed by atoms with Crippen molar-refractivity contribution in [2.75, 3.05) is 24.5 Å². The molecule has 3 aromatic carbocycles. The van der Waals surface area contributed by atoms with E-state index in [1.165, 1.54) is 24.1 Å². The molecule has 220 valence electrons.